The molecule has 0 spiro atoms. The van der Waals surface area contributed by atoms with Crippen LogP contribution in [0.5, 0.6) is 0 Å². The second-order valence-electron chi connectivity index (χ2n) is 6.54. The van der Waals surface area contributed by atoms with E-state index in [4.69, 9.17) is 11.5 Å². The van der Waals surface area contributed by atoms with Gasteiger partial charge < -0.3 is 11.5 Å². The van der Waals surface area contributed by atoms with E-state index in [0.29, 0.717) is 17.4 Å². The predicted molar refractivity (Wildman–Crippen MR) is 94.6 cm³/mol. The largest absolute Gasteiger partial charge is 0.417 e. The summed E-state index contributed by atoms with van der Waals surface area (Å²) in [5.74, 6) is -1.37. The molecule has 1 aromatic heterocycles. The fourth-order valence-electron chi connectivity index (χ4n) is 3.17. The lowest BCUT2D eigenvalue weighted by Gasteiger charge is -2.40. The molecule has 0 saturated carbocycles. The molecule has 3 rings (SSSR count). The number of guanidine groups is 1. The Kier molecular flexibility index (Phi) is 4.33. The highest BCUT2D eigenvalue weighted by Crippen LogP contribution is 2.44. The molecule has 2 atom stereocenters. The van der Waals surface area contributed by atoms with Gasteiger partial charge in [0.2, 0.25) is 5.91 Å². The number of aliphatic imine (C=N–C) groups is 1. The van der Waals surface area contributed by atoms with E-state index < -0.39 is 29.1 Å². The van der Waals surface area contributed by atoms with Crippen molar-refractivity contribution in [2.24, 2.45) is 10.7 Å². The van der Waals surface area contributed by atoms with E-state index in [-0.39, 0.29) is 11.7 Å². The highest BCUT2D eigenvalue weighted by atomic mass is 19.4. The molecule has 142 valence electrons. The summed E-state index contributed by atoms with van der Waals surface area (Å²) < 4.78 is 38.5. The summed E-state index contributed by atoms with van der Waals surface area (Å²) in [4.78, 5) is 22.5. The highest BCUT2D eigenvalue weighted by Gasteiger charge is 2.48. The number of rotatable bonds is 2. The Morgan fingerprint density at radius 3 is 2.44 bits per heavy atom. The second kappa shape index (κ2) is 6.26. The van der Waals surface area contributed by atoms with Crippen LogP contribution >= 0.6 is 0 Å². The van der Waals surface area contributed by atoms with Crippen LogP contribution in [0.15, 0.2) is 47.6 Å². The quantitative estimate of drug-likeness (QED) is 0.786. The molecule has 0 saturated heterocycles. The first-order chi connectivity index (χ1) is 12.5. The smallest absolute Gasteiger partial charge is 0.399 e. The number of carbonyl (C=O) groups is 1. The summed E-state index contributed by atoms with van der Waals surface area (Å²) in [5, 5.41) is 0. The molecule has 9 heteroatoms. The van der Waals surface area contributed by atoms with E-state index in [1.807, 2.05) is 0 Å². The Balaban J connectivity index is 2.16. The van der Waals surface area contributed by atoms with Crippen LogP contribution in [0.1, 0.15) is 29.7 Å². The molecular formula is C18H18F3N5O. The minimum absolute atomic E-state index is 0.00749. The molecule has 1 aromatic carbocycles. The lowest BCUT2D eigenvalue weighted by molar-refractivity contribution is -0.137. The first kappa shape index (κ1) is 18.7. The van der Waals surface area contributed by atoms with Gasteiger partial charge in [0.25, 0.3) is 0 Å². The molecule has 0 fully saturated rings. The summed E-state index contributed by atoms with van der Waals surface area (Å²) in [5.41, 5.74) is 10.9. The van der Waals surface area contributed by atoms with Gasteiger partial charge >= 0.3 is 6.18 Å². The molecular weight excluding hydrogens is 359 g/mol. The summed E-state index contributed by atoms with van der Waals surface area (Å²) in [6.45, 7) is 1.68. The third kappa shape index (κ3) is 3.20. The van der Waals surface area contributed by atoms with Crippen LogP contribution in [0.4, 0.5) is 18.9 Å². The molecule has 2 heterocycles. The van der Waals surface area contributed by atoms with Crippen LogP contribution in [-0.2, 0) is 16.5 Å². The molecule has 6 nitrogen and oxygen atoms in total. The minimum Gasteiger partial charge on any atom is -0.399 e. The van der Waals surface area contributed by atoms with Crippen LogP contribution in [0, 0.1) is 0 Å². The predicted octanol–water partition coefficient (Wildman–Crippen LogP) is 2.47. The number of alkyl halides is 3. The Bertz CT molecular complexity index is 910. The lowest BCUT2D eigenvalue weighted by Crippen LogP contribution is -2.52. The summed E-state index contributed by atoms with van der Waals surface area (Å²) in [6.07, 6.45) is -3.80. The number of pyridine rings is 1. The normalized spacial score (nSPS) is 23.3. The third-order valence-corrected chi connectivity index (χ3v) is 4.71. The van der Waals surface area contributed by atoms with E-state index in [9.17, 15) is 18.0 Å². The van der Waals surface area contributed by atoms with Crippen molar-refractivity contribution in [2.45, 2.75) is 24.6 Å². The van der Waals surface area contributed by atoms with Gasteiger partial charge in [0.15, 0.2) is 5.96 Å². The number of likely N-dealkylation sites (N-methyl/N-ethyl adjacent to an activating group) is 1. The molecule has 4 N–H and O–H groups in total. The number of nitrogen functional groups attached to an aromatic ring is 1. The lowest BCUT2D eigenvalue weighted by atomic mass is 9.76. The van der Waals surface area contributed by atoms with Gasteiger partial charge in [-0.3, -0.25) is 14.7 Å². The second-order valence-corrected chi connectivity index (χ2v) is 6.54. The zero-order valence-corrected chi connectivity index (χ0v) is 14.7. The minimum atomic E-state index is -4.52. The number of hydrogen-bond acceptors (Lipinski definition) is 5. The molecule has 27 heavy (non-hydrogen) atoms. The van der Waals surface area contributed by atoms with Gasteiger partial charge in [-0.25, -0.2) is 4.99 Å². The van der Waals surface area contributed by atoms with Crippen molar-refractivity contribution in [1.29, 1.82) is 0 Å². The Morgan fingerprint density at radius 1 is 1.19 bits per heavy atom. The standard InChI is InChI=1S/C18H18F3N5O/c1-17(10-4-3-5-12(22)8-10)14(15(27)26(2)16(23)25-17)13-7-6-11(9-24-13)18(19,20)21/h3-9,14H,22H2,1-2H3,(H2,23,25)/t14-,17-/m1/s1. The van der Waals surface area contributed by atoms with Crippen LogP contribution in [0.3, 0.4) is 0 Å². The highest BCUT2D eigenvalue weighted by molar-refractivity contribution is 6.02. The first-order valence-corrected chi connectivity index (χ1v) is 8.06. The molecule has 2 aromatic rings. The molecule has 0 bridgehead atoms. The van der Waals surface area contributed by atoms with Gasteiger partial charge in [-0.05, 0) is 36.8 Å². The molecule has 1 aliphatic rings. The average molecular weight is 377 g/mol. The third-order valence-electron chi connectivity index (χ3n) is 4.71. The fourth-order valence-corrected chi connectivity index (χ4v) is 3.17. The number of amides is 1. The molecule has 1 amide bonds. The maximum absolute atomic E-state index is 13.0. The van der Waals surface area contributed by atoms with Crippen LogP contribution < -0.4 is 11.5 Å². The number of hydrogen-bond donors (Lipinski definition) is 2. The number of carbonyl (C=O) groups excluding carboxylic acids is 1. The van der Waals surface area contributed by atoms with Crippen molar-refractivity contribution < 1.29 is 18.0 Å². The number of nitrogens with zero attached hydrogens (tertiary/aromatic N) is 3. The van der Waals surface area contributed by atoms with Crippen molar-refractivity contribution in [1.82, 2.24) is 9.88 Å². The number of halogens is 3. The van der Waals surface area contributed by atoms with Crippen molar-refractivity contribution in [2.75, 3.05) is 12.8 Å². The first-order valence-electron chi connectivity index (χ1n) is 8.06. The van der Waals surface area contributed by atoms with Crippen molar-refractivity contribution in [3.8, 4) is 0 Å². The topological polar surface area (TPSA) is 97.6 Å². The van der Waals surface area contributed by atoms with Crippen LogP contribution in [0.2, 0.25) is 0 Å². The van der Waals surface area contributed by atoms with Gasteiger partial charge in [-0.15, -0.1) is 0 Å². The van der Waals surface area contributed by atoms with Gasteiger partial charge in [0.05, 0.1) is 11.3 Å². The van der Waals surface area contributed by atoms with Crippen LogP contribution in [-0.4, -0.2) is 28.8 Å². The molecule has 0 unspecified atom stereocenters. The van der Waals surface area contributed by atoms with Gasteiger partial charge in [-0.2, -0.15) is 13.2 Å². The van der Waals surface area contributed by atoms with E-state index in [1.54, 1.807) is 31.2 Å². The Morgan fingerprint density at radius 2 is 1.89 bits per heavy atom. The molecule has 0 radical (unpaired) electrons. The summed E-state index contributed by atoms with van der Waals surface area (Å²) in [7, 11) is 1.46. The van der Waals surface area contributed by atoms with E-state index in [0.717, 1.165) is 11.0 Å². The van der Waals surface area contributed by atoms with E-state index in [1.165, 1.54) is 13.1 Å². The number of benzene rings is 1. The van der Waals surface area contributed by atoms with Crippen molar-refractivity contribution in [3.05, 3.63) is 59.4 Å². The van der Waals surface area contributed by atoms with Crippen molar-refractivity contribution in [3.63, 3.8) is 0 Å². The van der Waals surface area contributed by atoms with Gasteiger partial charge in [0, 0.05) is 18.9 Å². The SMILES string of the molecule is CN1C(=O)[C@@H](c2ccc(C(F)(F)F)cn2)[C@@](C)(c2cccc(N)c2)N=C1N. The monoisotopic (exact) mass is 377 g/mol. The number of aromatic nitrogens is 1. The Hall–Kier alpha value is -3.10. The zero-order valence-electron chi connectivity index (χ0n) is 14.7. The maximum atomic E-state index is 13.0. The maximum Gasteiger partial charge on any atom is 0.417 e. The fraction of sp³-hybridized carbons (Fsp3) is 0.278. The van der Waals surface area contributed by atoms with Crippen molar-refractivity contribution >= 4 is 17.6 Å². The molecule has 1 aliphatic heterocycles. The number of anilines is 1. The van der Waals surface area contributed by atoms with Crippen LogP contribution in [0.25, 0.3) is 0 Å². The Labute approximate surface area is 153 Å². The molecule has 0 aliphatic carbocycles. The van der Waals surface area contributed by atoms with Gasteiger partial charge in [0.1, 0.15) is 11.5 Å². The van der Waals surface area contributed by atoms with E-state index in [2.05, 4.69) is 9.98 Å². The average Bonchev–Trinajstić information content (AvgIpc) is 2.59. The zero-order chi connectivity index (χ0) is 20.0. The number of nitrogens with two attached hydrogens (primary N) is 2. The van der Waals surface area contributed by atoms with E-state index >= 15 is 0 Å². The summed E-state index contributed by atoms with van der Waals surface area (Å²) >= 11 is 0. The summed E-state index contributed by atoms with van der Waals surface area (Å²) in [6, 6.07) is 8.89. The van der Waals surface area contributed by atoms with Gasteiger partial charge in [-0.1, -0.05) is 12.1 Å².